The molecule has 2 heterocycles. The molecule has 2 saturated heterocycles. The molecule has 1 aromatic rings. The normalized spacial score (nSPS) is 33.1. The van der Waals surface area contributed by atoms with E-state index in [0.29, 0.717) is 6.61 Å². The molecule has 0 spiro atoms. The van der Waals surface area contributed by atoms with Crippen LogP contribution in [0, 0.1) is 6.92 Å². The number of nitrogens with two attached hydrogens (primary N) is 1. The van der Waals surface area contributed by atoms with Crippen LogP contribution in [0.15, 0.2) is 29.2 Å². The van der Waals surface area contributed by atoms with Crippen LogP contribution in [0.25, 0.3) is 0 Å². The Morgan fingerprint density at radius 1 is 1.29 bits per heavy atom. The van der Waals surface area contributed by atoms with Crippen LogP contribution in [0.1, 0.15) is 19.4 Å². The highest BCUT2D eigenvalue weighted by Crippen LogP contribution is 2.31. The van der Waals surface area contributed by atoms with Crippen molar-refractivity contribution in [3.63, 3.8) is 0 Å². The standard InChI is InChI=1S/C16H23NO6S/c1-9(2)17-13-12-8-21-16(22-12)15(14(13)18)23-24(19,20)11-6-4-10(3)5-7-11/h4-7,9,12-18H,8H2,1-3H3/p+1/t12-,13-,14+,15+,16-/m1/s1. The number of aliphatic hydroxyl groups is 1. The third-order valence-electron chi connectivity index (χ3n) is 4.32. The zero-order chi connectivity index (χ0) is 17.5. The molecule has 0 unspecified atom stereocenters. The fourth-order valence-electron chi connectivity index (χ4n) is 3.11. The topological polar surface area (TPSA) is 98.7 Å². The molecular formula is C16H24NO6S+. The number of hydrogen-bond acceptors (Lipinski definition) is 6. The van der Waals surface area contributed by atoms with E-state index in [4.69, 9.17) is 13.7 Å². The Balaban J connectivity index is 1.81. The molecule has 0 radical (unpaired) electrons. The van der Waals surface area contributed by atoms with E-state index in [1.807, 2.05) is 26.1 Å². The Morgan fingerprint density at radius 2 is 1.96 bits per heavy atom. The zero-order valence-electron chi connectivity index (χ0n) is 14.0. The highest BCUT2D eigenvalue weighted by Gasteiger charge is 2.54. The molecule has 3 rings (SSSR count). The van der Waals surface area contributed by atoms with Gasteiger partial charge in [0, 0.05) is 0 Å². The average Bonchev–Trinajstić information content (AvgIpc) is 2.95. The van der Waals surface area contributed by atoms with Gasteiger partial charge in [-0.3, -0.25) is 4.18 Å². The minimum Gasteiger partial charge on any atom is -0.384 e. The van der Waals surface area contributed by atoms with E-state index >= 15 is 0 Å². The summed E-state index contributed by atoms with van der Waals surface area (Å²) < 4.78 is 41.5. The summed E-state index contributed by atoms with van der Waals surface area (Å²) in [5, 5.41) is 12.6. The van der Waals surface area contributed by atoms with Crippen LogP contribution in [-0.2, 0) is 23.8 Å². The molecule has 2 bridgehead atoms. The molecule has 0 aliphatic carbocycles. The number of benzene rings is 1. The molecular weight excluding hydrogens is 334 g/mol. The third kappa shape index (κ3) is 3.49. The number of hydrogen-bond donors (Lipinski definition) is 2. The van der Waals surface area contributed by atoms with Crippen LogP contribution in [0.5, 0.6) is 0 Å². The van der Waals surface area contributed by atoms with Gasteiger partial charge in [0.25, 0.3) is 10.1 Å². The molecule has 24 heavy (non-hydrogen) atoms. The van der Waals surface area contributed by atoms with Crippen molar-refractivity contribution in [2.24, 2.45) is 0 Å². The SMILES string of the molecule is Cc1ccc(S(=O)(=O)O[C@@H]2[C@@H]3OC[C@@H](O3)[C@@H]([NH2+]C(C)C)[C@@H]2O)cc1. The van der Waals surface area contributed by atoms with Crippen molar-refractivity contribution in [2.75, 3.05) is 6.61 Å². The van der Waals surface area contributed by atoms with Gasteiger partial charge < -0.3 is 19.9 Å². The van der Waals surface area contributed by atoms with Crippen molar-refractivity contribution in [3.8, 4) is 0 Å². The molecule has 0 saturated carbocycles. The molecule has 0 amide bonds. The number of aliphatic hydroxyl groups excluding tert-OH is 1. The maximum Gasteiger partial charge on any atom is 0.297 e. The maximum absolute atomic E-state index is 12.5. The lowest BCUT2D eigenvalue weighted by molar-refractivity contribution is -0.732. The van der Waals surface area contributed by atoms with Crippen LogP contribution < -0.4 is 5.32 Å². The number of ether oxygens (including phenoxy) is 2. The summed E-state index contributed by atoms with van der Waals surface area (Å²) in [5.74, 6) is 0. The number of rotatable bonds is 5. The average molecular weight is 358 g/mol. The predicted molar refractivity (Wildman–Crippen MR) is 84.7 cm³/mol. The molecule has 2 aliphatic heterocycles. The fraction of sp³-hybridized carbons (Fsp3) is 0.625. The van der Waals surface area contributed by atoms with E-state index in [-0.39, 0.29) is 23.1 Å². The third-order valence-corrected chi connectivity index (χ3v) is 5.64. The summed E-state index contributed by atoms with van der Waals surface area (Å²) in [4.78, 5) is 0.0461. The first-order valence-electron chi connectivity index (χ1n) is 8.08. The first-order chi connectivity index (χ1) is 11.3. The van der Waals surface area contributed by atoms with Gasteiger partial charge >= 0.3 is 0 Å². The first kappa shape index (κ1) is 17.8. The van der Waals surface area contributed by atoms with Gasteiger partial charge in [-0.1, -0.05) is 17.7 Å². The summed E-state index contributed by atoms with van der Waals surface area (Å²) in [5.41, 5.74) is 0.948. The summed E-state index contributed by atoms with van der Waals surface area (Å²) in [7, 11) is -4.02. The Morgan fingerprint density at radius 3 is 2.58 bits per heavy atom. The van der Waals surface area contributed by atoms with Gasteiger partial charge in [-0.2, -0.15) is 8.42 Å². The molecule has 5 atom stereocenters. The van der Waals surface area contributed by atoms with E-state index in [1.165, 1.54) is 12.1 Å². The second kappa shape index (κ2) is 6.70. The van der Waals surface area contributed by atoms with E-state index in [2.05, 4.69) is 0 Å². The van der Waals surface area contributed by atoms with Crippen molar-refractivity contribution in [1.82, 2.24) is 0 Å². The van der Waals surface area contributed by atoms with Gasteiger partial charge in [0.05, 0.1) is 17.5 Å². The van der Waals surface area contributed by atoms with Gasteiger partial charge in [0.15, 0.2) is 12.4 Å². The minimum atomic E-state index is -4.02. The molecule has 7 nitrogen and oxygen atoms in total. The zero-order valence-corrected chi connectivity index (χ0v) is 14.8. The Hall–Kier alpha value is -1.03. The second-order valence-corrected chi connectivity index (χ2v) is 8.28. The summed E-state index contributed by atoms with van der Waals surface area (Å²) >= 11 is 0. The largest absolute Gasteiger partial charge is 0.384 e. The van der Waals surface area contributed by atoms with Crippen LogP contribution in [-0.4, -0.2) is 56.8 Å². The lowest BCUT2D eigenvalue weighted by atomic mass is 9.97. The molecule has 0 aromatic heterocycles. The number of aryl methyl sites for hydroxylation is 1. The van der Waals surface area contributed by atoms with Gasteiger partial charge in [-0.25, -0.2) is 0 Å². The molecule has 3 N–H and O–H groups in total. The van der Waals surface area contributed by atoms with Gasteiger partial charge in [-0.15, -0.1) is 0 Å². The summed E-state index contributed by atoms with van der Waals surface area (Å²) in [6.07, 6.45) is -3.23. The van der Waals surface area contributed by atoms with Gasteiger partial charge in [0.2, 0.25) is 0 Å². The molecule has 2 fully saturated rings. The van der Waals surface area contributed by atoms with Crippen molar-refractivity contribution in [1.29, 1.82) is 0 Å². The van der Waals surface area contributed by atoms with Crippen LogP contribution in [0.3, 0.4) is 0 Å². The van der Waals surface area contributed by atoms with E-state index < -0.39 is 28.6 Å². The first-order valence-corrected chi connectivity index (χ1v) is 9.49. The van der Waals surface area contributed by atoms with Crippen LogP contribution in [0.4, 0.5) is 0 Å². The fourth-order valence-corrected chi connectivity index (χ4v) is 4.18. The van der Waals surface area contributed by atoms with E-state index in [0.717, 1.165) is 5.56 Å². The van der Waals surface area contributed by atoms with E-state index in [9.17, 15) is 13.5 Å². The van der Waals surface area contributed by atoms with Crippen molar-refractivity contribution < 1.29 is 32.5 Å². The summed E-state index contributed by atoms with van der Waals surface area (Å²) in [6, 6.07) is 6.25. The quantitative estimate of drug-likeness (QED) is 0.690. The Labute approximate surface area is 142 Å². The molecule has 134 valence electrons. The minimum absolute atomic E-state index is 0.0461. The number of quaternary nitrogens is 1. The predicted octanol–water partition coefficient (Wildman–Crippen LogP) is -0.475. The number of fused-ring (bicyclic) bond motifs is 2. The van der Waals surface area contributed by atoms with E-state index in [1.54, 1.807) is 12.1 Å². The lowest BCUT2D eigenvalue weighted by Crippen LogP contribution is -2.99. The highest BCUT2D eigenvalue weighted by atomic mass is 32.2. The molecule has 8 heteroatoms. The monoisotopic (exact) mass is 358 g/mol. The van der Waals surface area contributed by atoms with Crippen molar-refractivity contribution >= 4 is 10.1 Å². The second-order valence-electron chi connectivity index (χ2n) is 6.71. The smallest absolute Gasteiger partial charge is 0.297 e. The summed E-state index contributed by atoms with van der Waals surface area (Å²) in [6.45, 7) is 6.18. The molecule has 1 aromatic carbocycles. The molecule has 2 aliphatic rings. The van der Waals surface area contributed by atoms with Crippen molar-refractivity contribution in [2.45, 2.75) is 62.4 Å². The maximum atomic E-state index is 12.5. The van der Waals surface area contributed by atoms with Crippen LogP contribution >= 0.6 is 0 Å². The van der Waals surface area contributed by atoms with Crippen LogP contribution in [0.2, 0.25) is 0 Å². The van der Waals surface area contributed by atoms with Gasteiger partial charge in [0.1, 0.15) is 18.2 Å². The lowest BCUT2D eigenvalue weighted by Gasteiger charge is -2.36. The van der Waals surface area contributed by atoms with Gasteiger partial charge in [-0.05, 0) is 32.9 Å². The highest BCUT2D eigenvalue weighted by molar-refractivity contribution is 7.86. The Bertz CT molecular complexity index is 674. The van der Waals surface area contributed by atoms with Crippen molar-refractivity contribution in [3.05, 3.63) is 29.8 Å². The Kier molecular flexibility index (Phi) is 4.96.